The molecule has 0 radical (unpaired) electrons. The summed E-state index contributed by atoms with van der Waals surface area (Å²) in [4.78, 5) is 12.5. The molecular weight excluding hydrogens is 316 g/mol. The summed E-state index contributed by atoms with van der Waals surface area (Å²) in [5.41, 5.74) is 0.0842. The van der Waals surface area contributed by atoms with Crippen LogP contribution >= 0.6 is 11.8 Å². The standard InChI is InChI=1S/C21H42O2S/c1-12-19(6,7)15-20(8,9)23-17(22)16(2)13-24-21(10,11)14-18(3,4)5/h16H,12-15H2,1-11H3. The van der Waals surface area contributed by atoms with E-state index in [0.29, 0.717) is 5.41 Å². The third-order valence-electron chi connectivity index (χ3n) is 4.32. The number of carbonyl (C=O) groups is 1. The van der Waals surface area contributed by atoms with Crippen LogP contribution in [0.2, 0.25) is 0 Å². The van der Waals surface area contributed by atoms with Gasteiger partial charge in [-0.25, -0.2) is 0 Å². The molecule has 0 amide bonds. The van der Waals surface area contributed by atoms with Gasteiger partial charge in [0.25, 0.3) is 0 Å². The molecule has 1 atom stereocenters. The van der Waals surface area contributed by atoms with E-state index >= 15 is 0 Å². The van der Waals surface area contributed by atoms with Crippen LogP contribution in [0, 0.1) is 16.7 Å². The molecule has 0 saturated heterocycles. The second kappa shape index (κ2) is 8.47. The van der Waals surface area contributed by atoms with Crippen molar-refractivity contribution in [2.75, 3.05) is 5.75 Å². The average molecular weight is 359 g/mol. The van der Waals surface area contributed by atoms with Gasteiger partial charge in [0.15, 0.2) is 0 Å². The molecule has 0 N–H and O–H groups in total. The molecule has 24 heavy (non-hydrogen) atoms. The highest BCUT2D eigenvalue weighted by atomic mass is 32.2. The van der Waals surface area contributed by atoms with Crippen molar-refractivity contribution in [3.05, 3.63) is 0 Å². The molecule has 0 aromatic carbocycles. The maximum atomic E-state index is 12.5. The Balaban J connectivity index is 4.57. The van der Waals surface area contributed by atoms with Gasteiger partial charge in [-0.3, -0.25) is 4.79 Å². The van der Waals surface area contributed by atoms with Crippen LogP contribution in [0.4, 0.5) is 0 Å². The monoisotopic (exact) mass is 358 g/mol. The predicted octanol–water partition coefficient (Wildman–Crippen LogP) is 6.72. The van der Waals surface area contributed by atoms with E-state index in [1.165, 1.54) is 0 Å². The van der Waals surface area contributed by atoms with E-state index in [-0.39, 0.29) is 22.0 Å². The number of esters is 1. The van der Waals surface area contributed by atoms with E-state index in [1.807, 2.05) is 32.5 Å². The zero-order chi connectivity index (χ0) is 19.4. The minimum atomic E-state index is -0.406. The van der Waals surface area contributed by atoms with Crippen molar-refractivity contribution in [2.24, 2.45) is 16.7 Å². The molecule has 0 bridgehead atoms. The zero-order valence-electron chi connectivity index (χ0n) is 18.1. The number of ether oxygens (including phenoxy) is 1. The normalized spacial score (nSPS) is 15.3. The minimum absolute atomic E-state index is 0.0639. The lowest BCUT2D eigenvalue weighted by Gasteiger charge is -2.35. The smallest absolute Gasteiger partial charge is 0.310 e. The van der Waals surface area contributed by atoms with Gasteiger partial charge in [0.2, 0.25) is 0 Å². The number of hydrogen-bond acceptors (Lipinski definition) is 3. The number of carbonyl (C=O) groups excluding carboxylic acids is 1. The quantitative estimate of drug-likeness (QED) is 0.428. The van der Waals surface area contributed by atoms with Gasteiger partial charge in [0, 0.05) is 10.5 Å². The molecule has 0 aliphatic carbocycles. The second-order valence-electron chi connectivity index (χ2n) is 10.6. The Morgan fingerprint density at radius 1 is 0.958 bits per heavy atom. The predicted molar refractivity (Wildman–Crippen MR) is 109 cm³/mol. The van der Waals surface area contributed by atoms with Gasteiger partial charge in [-0.2, -0.15) is 11.8 Å². The van der Waals surface area contributed by atoms with E-state index in [1.54, 1.807) is 0 Å². The van der Waals surface area contributed by atoms with Crippen molar-refractivity contribution in [3.63, 3.8) is 0 Å². The lowest BCUT2D eigenvalue weighted by molar-refractivity contribution is -0.162. The first-order valence-electron chi connectivity index (χ1n) is 9.35. The van der Waals surface area contributed by atoms with Gasteiger partial charge in [-0.1, -0.05) is 68.7 Å². The summed E-state index contributed by atoms with van der Waals surface area (Å²) in [6.45, 7) is 24.1. The fourth-order valence-electron chi connectivity index (χ4n) is 3.43. The fourth-order valence-corrected chi connectivity index (χ4v) is 4.81. The summed E-state index contributed by atoms with van der Waals surface area (Å²) >= 11 is 1.88. The first-order valence-corrected chi connectivity index (χ1v) is 10.3. The van der Waals surface area contributed by atoms with Crippen molar-refractivity contribution in [1.82, 2.24) is 0 Å². The Bertz CT molecular complexity index is 403. The molecule has 0 fully saturated rings. The number of thioether (sulfide) groups is 1. The van der Waals surface area contributed by atoms with E-state index < -0.39 is 5.60 Å². The highest BCUT2D eigenvalue weighted by Gasteiger charge is 2.33. The maximum Gasteiger partial charge on any atom is 0.310 e. The third-order valence-corrected chi connectivity index (χ3v) is 5.91. The molecule has 0 aromatic heterocycles. The van der Waals surface area contributed by atoms with Crippen LogP contribution in [0.5, 0.6) is 0 Å². The Labute approximate surface area is 155 Å². The number of rotatable bonds is 9. The molecule has 0 aliphatic heterocycles. The van der Waals surface area contributed by atoms with E-state index in [2.05, 4.69) is 55.4 Å². The summed E-state index contributed by atoms with van der Waals surface area (Å²) in [6.07, 6.45) is 3.10. The highest BCUT2D eigenvalue weighted by Crippen LogP contribution is 2.38. The van der Waals surface area contributed by atoms with Crippen molar-refractivity contribution < 1.29 is 9.53 Å². The van der Waals surface area contributed by atoms with Crippen LogP contribution in [0.25, 0.3) is 0 Å². The summed E-state index contributed by atoms with van der Waals surface area (Å²) < 4.78 is 6.02. The highest BCUT2D eigenvalue weighted by molar-refractivity contribution is 8.00. The van der Waals surface area contributed by atoms with E-state index in [4.69, 9.17) is 4.74 Å². The molecule has 1 unspecified atom stereocenters. The topological polar surface area (TPSA) is 26.3 Å². The lowest BCUT2D eigenvalue weighted by atomic mass is 9.80. The molecule has 0 aliphatic rings. The molecule has 0 heterocycles. The minimum Gasteiger partial charge on any atom is -0.459 e. The van der Waals surface area contributed by atoms with Crippen molar-refractivity contribution in [3.8, 4) is 0 Å². The zero-order valence-corrected chi connectivity index (χ0v) is 18.9. The fraction of sp³-hybridized carbons (Fsp3) is 0.952. The van der Waals surface area contributed by atoms with E-state index in [0.717, 1.165) is 25.0 Å². The van der Waals surface area contributed by atoms with Crippen LogP contribution in [0.15, 0.2) is 0 Å². The van der Waals surface area contributed by atoms with Gasteiger partial charge in [0.05, 0.1) is 5.92 Å². The molecule has 0 saturated carbocycles. The van der Waals surface area contributed by atoms with Crippen LogP contribution in [0.3, 0.4) is 0 Å². The van der Waals surface area contributed by atoms with Gasteiger partial charge in [-0.05, 0) is 37.5 Å². The van der Waals surface area contributed by atoms with Gasteiger partial charge in [0.1, 0.15) is 5.60 Å². The molecule has 0 rings (SSSR count). The van der Waals surface area contributed by atoms with Crippen LogP contribution in [0.1, 0.15) is 95.4 Å². The molecule has 0 spiro atoms. The van der Waals surface area contributed by atoms with Gasteiger partial charge < -0.3 is 4.74 Å². The molecule has 3 heteroatoms. The van der Waals surface area contributed by atoms with Crippen LogP contribution < -0.4 is 0 Å². The summed E-state index contributed by atoms with van der Waals surface area (Å²) in [6, 6.07) is 0. The van der Waals surface area contributed by atoms with Crippen LogP contribution in [-0.4, -0.2) is 22.1 Å². The molecular formula is C21H42O2S. The lowest BCUT2D eigenvalue weighted by Crippen LogP contribution is -2.36. The first-order chi connectivity index (χ1) is 10.5. The SMILES string of the molecule is CCC(C)(C)CC(C)(C)OC(=O)C(C)CSC(C)(C)CC(C)(C)C. The maximum absolute atomic E-state index is 12.5. The van der Waals surface area contributed by atoms with Crippen molar-refractivity contribution in [2.45, 2.75) is 106 Å². The van der Waals surface area contributed by atoms with Gasteiger partial charge >= 0.3 is 5.97 Å². The largest absolute Gasteiger partial charge is 0.459 e. The summed E-state index contributed by atoms with van der Waals surface area (Å²) in [7, 11) is 0. The summed E-state index contributed by atoms with van der Waals surface area (Å²) in [5, 5.41) is 0. The van der Waals surface area contributed by atoms with Crippen LogP contribution in [-0.2, 0) is 9.53 Å². The Morgan fingerprint density at radius 3 is 1.88 bits per heavy atom. The first kappa shape index (κ1) is 23.8. The Morgan fingerprint density at radius 2 is 1.46 bits per heavy atom. The number of hydrogen-bond donors (Lipinski definition) is 0. The molecule has 0 aromatic rings. The Kier molecular flexibility index (Phi) is 8.40. The van der Waals surface area contributed by atoms with Gasteiger partial charge in [-0.15, -0.1) is 0 Å². The molecule has 2 nitrogen and oxygen atoms in total. The van der Waals surface area contributed by atoms with E-state index in [9.17, 15) is 4.79 Å². The average Bonchev–Trinajstić information content (AvgIpc) is 2.31. The Hall–Kier alpha value is -0.180. The molecule has 144 valence electrons. The van der Waals surface area contributed by atoms with Crippen molar-refractivity contribution >= 4 is 17.7 Å². The summed E-state index contributed by atoms with van der Waals surface area (Å²) in [5.74, 6) is 0.680. The second-order valence-corrected chi connectivity index (χ2v) is 12.3. The third kappa shape index (κ3) is 10.6. The van der Waals surface area contributed by atoms with Crippen molar-refractivity contribution in [1.29, 1.82) is 0 Å².